The second-order valence-electron chi connectivity index (χ2n) is 7.44. The highest BCUT2D eigenvalue weighted by Crippen LogP contribution is 2.26. The van der Waals surface area contributed by atoms with Gasteiger partial charge in [0.25, 0.3) is 0 Å². The Morgan fingerprint density at radius 1 is 1.37 bits per heavy atom. The van der Waals surface area contributed by atoms with Gasteiger partial charge in [0, 0.05) is 67.4 Å². The quantitative estimate of drug-likeness (QED) is 0.879. The number of piperidine rings is 1. The normalized spacial score (nSPS) is 19.6. The van der Waals surface area contributed by atoms with Crippen LogP contribution in [0.2, 0.25) is 5.02 Å². The zero-order chi connectivity index (χ0) is 18.6. The number of hydrogen-bond acceptors (Lipinski definition) is 4. The number of amides is 1. The number of carbonyl (C=O) groups excluding carboxylic acids is 1. The van der Waals surface area contributed by atoms with Crippen LogP contribution in [0, 0.1) is 0 Å². The van der Waals surface area contributed by atoms with E-state index in [-0.39, 0.29) is 11.8 Å². The maximum Gasteiger partial charge on any atom is 0.222 e. The van der Waals surface area contributed by atoms with Crippen molar-refractivity contribution in [1.82, 2.24) is 20.2 Å². The minimum atomic E-state index is 0.210. The third kappa shape index (κ3) is 4.47. The average molecular weight is 385 g/mol. The van der Waals surface area contributed by atoms with Crippen LogP contribution in [0.25, 0.3) is 0 Å². The van der Waals surface area contributed by atoms with Crippen LogP contribution < -0.4 is 5.32 Å². The molecule has 142 valence electrons. The number of fused-ring (bicyclic) bond motifs is 1. The minimum Gasteiger partial charge on any atom is -0.342 e. The summed E-state index contributed by atoms with van der Waals surface area (Å²) in [6.07, 6.45) is 6.22. The van der Waals surface area contributed by atoms with E-state index in [0.717, 1.165) is 68.3 Å². The van der Waals surface area contributed by atoms with Crippen molar-refractivity contribution in [1.29, 1.82) is 0 Å². The summed E-state index contributed by atoms with van der Waals surface area (Å²) >= 11 is 6.03. The number of halogens is 1. The fraction of sp³-hybridized carbons (Fsp3) is 0.476. The van der Waals surface area contributed by atoms with Crippen LogP contribution in [-0.2, 0) is 24.2 Å². The lowest BCUT2D eigenvalue weighted by Gasteiger charge is -2.32. The molecule has 1 amide bonds. The summed E-state index contributed by atoms with van der Waals surface area (Å²) in [7, 11) is 0. The van der Waals surface area contributed by atoms with Gasteiger partial charge in [-0.1, -0.05) is 23.7 Å². The number of carbonyl (C=O) groups is 1. The molecule has 2 aromatic rings. The number of nitrogens with zero attached hydrogens (tertiary/aromatic N) is 3. The summed E-state index contributed by atoms with van der Waals surface area (Å²) in [5.74, 6) is 1.36. The molecule has 1 N–H and O–H groups in total. The molecule has 1 aromatic carbocycles. The Morgan fingerprint density at radius 3 is 3.19 bits per heavy atom. The van der Waals surface area contributed by atoms with Crippen LogP contribution in [0.1, 0.15) is 47.8 Å². The summed E-state index contributed by atoms with van der Waals surface area (Å²) in [6, 6.07) is 7.75. The van der Waals surface area contributed by atoms with Gasteiger partial charge in [-0.05, 0) is 37.0 Å². The Morgan fingerprint density at radius 2 is 2.30 bits per heavy atom. The molecule has 4 rings (SSSR count). The van der Waals surface area contributed by atoms with Gasteiger partial charge in [0.2, 0.25) is 5.91 Å². The number of aromatic nitrogens is 2. The molecule has 2 aliphatic rings. The molecule has 0 radical (unpaired) electrons. The highest BCUT2D eigenvalue weighted by atomic mass is 35.5. The molecular formula is C21H25ClN4O. The molecule has 0 aliphatic carbocycles. The predicted octanol–water partition coefficient (Wildman–Crippen LogP) is 3.11. The highest BCUT2D eigenvalue weighted by molar-refractivity contribution is 6.30. The first-order valence-electron chi connectivity index (χ1n) is 9.76. The second kappa shape index (κ2) is 8.36. The molecule has 27 heavy (non-hydrogen) atoms. The fourth-order valence-corrected chi connectivity index (χ4v) is 4.18. The van der Waals surface area contributed by atoms with E-state index in [2.05, 4.69) is 10.3 Å². The Bertz CT molecular complexity index is 826. The Hall–Kier alpha value is -1.98. The van der Waals surface area contributed by atoms with Crippen LogP contribution in [0.3, 0.4) is 0 Å². The third-order valence-electron chi connectivity index (χ3n) is 5.48. The number of nitrogens with one attached hydrogen (secondary N) is 1. The van der Waals surface area contributed by atoms with Crippen LogP contribution in [-0.4, -0.2) is 40.4 Å². The number of benzene rings is 1. The van der Waals surface area contributed by atoms with Crippen LogP contribution >= 0.6 is 11.6 Å². The van der Waals surface area contributed by atoms with Crippen LogP contribution in [0.5, 0.6) is 0 Å². The van der Waals surface area contributed by atoms with Gasteiger partial charge in [0.1, 0.15) is 5.82 Å². The molecule has 3 heterocycles. The van der Waals surface area contributed by atoms with Gasteiger partial charge in [0.15, 0.2) is 0 Å². The van der Waals surface area contributed by atoms with E-state index in [0.29, 0.717) is 6.42 Å². The van der Waals surface area contributed by atoms with Crippen molar-refractivity contribution in [2.75, 3.05) is 19.6 Å². The summed E-state index contributed by atoms with van der Waals surface area (Å²) in [4.78, 5) is 24.1. The summed E-state index contributed by atoms with van der Waals surface area (Å²) in [6.45, 7) is 3.39. The van der Waals surface area contributed by atoms with Crippen molar-refractivity contribution in [2.45, 2.75) is 44.6 Å². The lowest BCUT2D eigenvalue weighted by atomic mass is 9.96. The van der Waals surface area contributed by atoms with Crippen molar-refractivity contribution >= 4 is 17.5 Å². The van der Waals surface area contributed by atoms with Crippen molar-refractivity contribution in [3.05, 3.63) is 58.1 Å². The largest absolute Gasteiger partial charge is 0.342 e. The molecule has 1 fully saturated rings. The molecule has 1 atom stereocenters. The lowest BCUT2D eigenvalue weighted by Crippen LogP contribution is -2.39. The van der Waals surface area contributed by atoms with Crippen molar-refractivity contribution in [3.63, 3.8) is 0 Å². The first kappa shape index (κ1) is 18.4. The Labute approximate surface area is 165 Å². The fourth-order valence-electron chi connectivity index (χ4n) is 3.96. The Balaban J connectivity index is 1.38. The molecule has 2 aliphatic heterocycles. The number of aryl methyl sites for hydroxylation is 1. The molecule has 0 saturated carbocycles. The second-order valence-corrected chi connectivity index (χ2v) is 7.87. The van der Waals surface area contributed by atoms with E-state index in [1.165, 1.54) is 11.3 Å². The zero-order valence-electron chi connectivity index (χ0n) is 15.5. The first-order chi connectivity index (χ1) is 13.2. The zero-order valence-corrected chi connectivity index (χ0v) is 16.2. The molecule has 1 aromatic heterocycles. The Kier molecular flexibility index (Phi) is 5.69. The number of hydrogen-bond donors (Lipinski definition) is 1. The molecule has 6 heteroatoms. The topological polar surface area (TPSA) is 58.1 Å². The summed E-state index contributed by atoms with van der Waals surface area (Å²) in [5, 5.41) is 4.07. The van der Waals surface area contributed by atoms with Crippen molar-refractivity contribution < 1.29 is 4.79 Å². The summed E-state index contributed by atoms with van der Waals surface area (Å²) in [5.41, 5.74) is 3.48. The van der Waals surface area contributed by atoms with Gasteiger partial charge in [-0.2, -0.15) is 0 Å². The molecule has 0 unspecified atom stereocenters. The number of rotatable bonds is 4. The van der Waals surface area contributed by atoms with Crippen LogP contribution in [0.4, 0.5) is 0 Å². The first-order valence-corrected chi connectivity index (χ1v) is 10.1. The average Bonchev–Trinajstić information content (AvgIpc) is 2.72. The SMILES string of the molecule is O=C(CCc1cccc(Cl)c1)N1CCC[C@H](c2ncc3c(n2)CCNC3)C1. The maximum absolute atomic E-state index is 12.7. The maximum atomic E-state index is 12.7. The van der Waals surface area contributed by atoms with Gasteiger partial charge in [-0.3, -0.25) is 4.79 Å². The van der Waals surface area contributed by atoms with E-state index in [1.807, 2.05) is 35.4 Å². The van der Waals surface area contributed by atoms with E-state index in [9.17, 15) is 4.79 Å². The molecule has 5 nitrogen and oxygen atoms in total. The molecule has 1 saturated heterocycles. The van der Waals surface area contributed by atoms with Gasteiger partial charge in [-0.15, -0.1) is 0 Å². The minimum absolute atomic E-state index is 0.210. The highest BCUT2D eigenvalue weighted by Gasteiger charge is 2.27. The van der Waals surface area contributed by atoms with Gasteiger partial charge >= 0.3 is 0 Å². The lowest BCUT2D eigenvalue weighted by molar-refractivity contribution is -0.132. The van der Waals surface area contributed by atoms with Crippen molar-refractivity contribution in [2.24, 2.45) is 0 Å². The number of likely N-dealkylation sites (tertiary alicyclic amines) is 1. The van der Waals surface area contributed by atoms with E-state index >= 15 is 0 Å². The molecule has 0 spiro atoms. The van der Waals surface area contributed by atoms with Gasteiger partial charge < -0.3 is 10.2 Å². The smallest absolute Gasteiger partial charge is 0.222 e. The van der Waals surface area contributed by atoms with E-state index in [4.69, 9.17) is 16.6 Å². The standard InChI is InChI=1S/C21H25ClN4O/c22-18-5-1-3-15(11-18)6-7-20(27)26-10-2-4-16(14-26)21-24-13-17-12-23-9-8-19(17)25-21/h1,3,5,11,13,16,23H,2,4,6-10,12,14H2/t16-/m0/s1. The third-order valence-corrected chi connectivity index (χ3v) is 5.72. The van der Waals surface area contributed by atoms with E-state index < -0.39 is 0 Å². The monoisotopic (exact) mass is 384 g/mol. The van der Waals surface area contributed by atoms with Gasteiger partial charge in [-0.25, -0.2) is 9.97 Å². The van der Waals surface area contributed by atoms with Crippen LogP contribution in [0.15, 0.2) is 30.5 Å². The van der Waals surface area contributed by atoms with Crippen molar-refractivity contribution in [3.8, 4) is 0 Å². The van der Waals surface area contributed by atoms with E-state index in [1.54, 1.807) is 0 Å². The summed E-state index contributed by atoms with van der Waals surface area (Å²) < 4.78 is 0. The predicted molar refractivity (Wildman–Crippen MR) is 106 cm³/mol. The molecular weight excluding hydrogens is 360 g/mol. The van der Waals surface area contributed by atoms with Gasteiger partial charge in [0.05, 0.1) is 0 Å². The molecule has 0 bridgehead atoms.